The van der Waals surface area contributed by atoms with Gasteiger partial charge in [-0.2, -0.15) is 0 Å². The van der Waals surface area contributed by atoms with Gasteiger partial charge in [0, 0.05) is 12.1 Å². The molecule has 4 heterocycles. The highest BCUT2D eigenvalue weighted by Gasteiger charge is 2.33. The van der Waals surface area contributed by atoms with Crippen molar-refractivity contribution in [3.63, 3.8) is 0 Å². The van der Waals surface area contributed by atoms with Crippen molar-refractivity contribution in [3.05, 3.63) is 66.6 Å². The number of hydrogen-bond acceptors (Lipinski definition) is 3. The molecular weight excluding hydrogens is 362 g/mol. The summed E-state index contributed by atoms with van der Waals surface area (Å²) in [4.78, 5) is 0. The predicted molar refractivity (Wildman–Crippen MR) is 112 cm³/mol. The van der Waals surface area contributed by atoms with Gasteiger partial charge in [-0.05, 0) is 40.8 Å². The van der Waals surface area contributed by atoms with Crippen molar-refractivity contribution < 1.29 is 18.1 Å². The van der Waals surface area contributed by atoms with Crippen molar-refractivity contribution in [1.29, 1.82) is 0 Å². The van der Waals surface area contributed by atoms with Crippen LogP contribution in [0.1, 0.15) is 5.56 Å². The Balaban J connectivity index is 1.73. The average Bonchev–Trinajstić information content (AvgIpc) is 3.32. The standard InChI is InChI=1S/C25H16NO3/c1-13-16-6-4-3-5-14(16)12-19-20(13)22-21-15(7-9-26(22)2)11-17-23-18(8-10-27-23)28-24(17)25(21)29-19/h3-12H,1-2H3/q+1. The third kappa shape index (κ3) is 1.77. The van der Waals surface area contributed by atoms with Crippen LogP contribution < -0.4 is 9.30 Å². The van der Waals surface area contributed by atoms with Gasteiger partial charge in [-0.3, -0.25) is 0 Å². The lowest BCUT2D eigenvalue weighted by atomic mass is 9.91. The van der Waals surface area contributed by atoms with Gasteiger partial charge in [0.15, 0.2) is 28.7 Å². The van der Waals surface area contributed by atoms with Crippen LogP contribution in [0, 0.1) is 6.92 Å². The lowest BCUT2D eigenvalue weighted by Crippen LogP contribution is -2.31. The van der Waals surface area contributed by atoms with E-state index in [0.717, 1.165) is 55.7 Å². The van der Waals surface area contributed by atoms with E-state index < -0.39 is 0 Å². The number of pyridine rings is 1. The summed E-state index contributed by atoms with van der Waals surface area (Å²) >= 11 is 0. The first-order valence-corrected chi connectivity index (χ1v) is 9.66. The molecule has 0 amide bonds. The van der Waals surface area contributed by atoms with Crippen LogP contribution in [0.5, 0.6) is 11.5 Å². The summed E-state index contributed by atoms with van der Waals surface area (Å²) in [7, 11) is 2.08. The molecule has 3 aromatic carbocycles. The van der Waals surface area contributed by atoms with Gasteiger partial charge in [-0.15, -0.1) is 0 Å². The molecule has 4 heteroatoms. The maximum Gasteiger partial charge on any atom is 0.228 e. The minimum absolute atomic E-state index is 0.732. The molecule has 138 valence electrons. The number of furan rings is 2. The number of nitrogens with zero attached hydrogens (tertiary/aromatic N) is 1. The Kier molecular flexibility index (Phi) is 2.60. The van der Waals surface area contributed by atoms with E-state index in [1.54, 1.807) is 6.26 Å². The highest BCUT2D eigenvalue weighted by atomic mass is 16.5. The fourth-order valence-electron chi connectivity index (χ4n) is 4.81. The van der Waals surface area contributed by atoms with Crippen LogP contribution in [0.2, 0.25) is 0 Å². The van der Waals surface area contributed by atoms with Crippen LogP contribution in [-0.2, 0) is 7.05 Å². The molecule has 3 aromatic heterocycles. The van der Waals surface area contributed by atoms with Crippen molar-refractivity contribution >= 4 is 43.7 Å². The van der Waals surface area contributed by atoms with Gasteiger partial charge in [-0.25, -0.2) is 4.57 Å². The Morgan fingerprint density at radius 3 is 2.72 bits per heavy atom. The monoisotopic (exact) mass is 378 g/mol. The summed E-state index contributed by atoms with van der Waals surface area (Å²) in [6, 6.07) is 16.7. The zero-order valence-corrected chi connectivity index (χ0v) is 15.9. The summed E-state index contributed by atoms with van der Waals surface area (Å²) in [6.07, 6.45) is 3.77. The highest BCUT2D eigenvalue weighted by Crippen LogP contribution is 2.52. The van der Waals surface area contributed by atoms with Crippen molar-refractivity contribution in [2.24, 2.45) is 7.05 Å². The molecule has 0 saturated heterocycles. The molecule has 0 spiro atoms. The molecule has 1 aliphatic heterocycles. The number of aromatic nitrogens is 1. The second-order valence-electron chi connectivity index (χ2n) is 7.74. The summed E-state index contributed by atoms with van der Waals surface area (Å²) in [5.41, 5.74) is 5.74. The second-order valence-corrected chi connectivity index (χ2v) is 7.74. The van der Waals surface area contributed by atoms with E-state index in [1.807, 2.05) is 6.07 Å². The summed E-state index contributed by atoms with van der Waals surface area (Å²) in [6.45, 7) is 2.17. The van der Waals surface area contributed by atoms with Crippen LogP contribution in [0.25, 0.3) is 54.9 Å². The summed E-state index contributed by atoms with van der Waals surface area (Å²) in [5.74, 6) is 1.62. The van der Waals surface area contributed by atoms with E-state index in [1.165, 1.54) is 16.3 Å². The zero-order valence-electron chi connectivity index (χ0n) is 15.9. The SMILES string of the molecule is Cc1c2c(cc3ccccc13)Oc1c3oc4ccoc4c3cc3cc[n+](C)c-2c13. The van der Waals surface area contributed by atoms with Gasteiger partial charge in [-0.1, -0.05) is 24.3 Å². The van der Waals surface area contributed by atoms with E-state index in [4.69, 9.17) is 13.6 Å². The van der Waals surface area contributed by atoms with Crippen molar-refractivity contribution in [1.82, 2.24) is 0 Å². The molecular formula is C25H16NO3+. The van der Waals surface area contributed by atoms with Crippen molar-refractivity contribution in [2.75, 3.05) is 0 Å². The molecule has 0 saturated carbocycles. The molecule has 7 rings (SSSR count). The Morgan fingerprint density at radius 1 is 0.897 bits per heavy atom. The molecule has 0 fully saturated rings. The Hall–Kier alpha value is -3.79. The van der Waals surface area contributed by atoms with Gasteiger partial charge >= 0.3 is 0 Å². The van der Waals surface area contributed by atoms with E-state index in [0.29, 0.717) is 0 Å². The summed E-state index contributed by atoms with van der Waals surface area (Å²) < 4.78 is 20.6. The molecule has 0 unspecified atom stereocenters. The van der Waals surface area contributed by atoms with Crippen LogP contribution in [-0.4, -0.2) is 0 Å². The number of hydrogen-bond donors (Lipinski definition) is 0. The van der Waals surface area contributed by atoms with Gasteiger partial charge in [0.25, 0.3) is 0 Å². The number of benzene rings is 3. The molecule has 0 aliphatic carbocycles. The van der Waals surface area contributed by atoms with E-state index >= 15 is 0 Å². The normalized spacial score (nSPS) is 12.8. The van der Waals surface area contributed by atoms with E-state index in [2.05, 4.69) is 67.2 Å². The second kappa shape index (κ2) is 4.97. The third-order valence-corrected chi connectivity index (χ3v) is 6.14. The summed E-state index contributed by atoms with van der Waals surface area (Å²) in [5, 5.41) is 5.53. The van der Waals surface area contributed by atoms with E-state index in [-0.39, 0.29) is 0 Å². The Labute approximate surface area is 165 Å². The highest BCUT2D eigenvalue weighted by molar-refractivity contribution is 6.16. The molecule has 1 aliphatic rings. The smallest absolute Gasteiger partial charge is 0.228 e. The van der Waals surface area contributed by atoms with Crippen LogP contribution in [0.4, 0.5) is 0 Å². The predicted octanol–water partition coefficient (Wildman–Crippen LogP) is 6.39. The fraction of sp³-hybridized carbons (Fsp3) is 0.0800. The van der Waals surface area contributed by atoms with Crippen molar-refractivity contribution in [3.8, 4) is 22.8 Å². The molecule has 0 bridgehead atoms. The van der Waals surface area contributed by atoms with Gasteiger partial charge < -0.3 is 13.6 Å². The van der Waals surface area contributed by atoms with E-state index in [9.17, 15) is 0 Å². The number of aryl methyl sites for hydroxylation is 2. The fourth-order valence-corrected chi connectivity index (χ4v) is 4.81. The Bertz CT molecular complexity index is 1650. The topological polar surface area (TPSA) is 39.4 Å². The molecule has 0 radical (unpaired) electrons. The average molecular weight is 378 g/mol. The Morgan fingerprint density at radius 2 is 1.79 bits per heavy atom. The number of rotatable bonds is 0. The molecule has 0 N–H and O–H groups in total. The van der Waals surface area contributed by atoms with Gasteiger partial charge in [0.2, 0.25) is 5.69 Å². The molecule has 6 aromatic rings. The first-order chi connectivity index (χ1) is 14.2. The van der Waals surface area contributed by atoms with Crippen LogP contribution >= 0.6 is 0 Å². The van der Waals surface area contributed by atoms with Gasteiger partial charge in [0.1, 0.15) is 18.2 Å². The lowest BCUT2D eigenvalue weighted by molar-refractivity contribution is -0.659. The minimum Gasteiger partial charge on any atom is -0.460 e. The molecule has 29 heavy (non-hydrogen) atoms. The number of fused-ring (bicyclic) bond motifs is 7. The maximum atomic E-state index is 6.56. The largest absolute Gasteiger partial charge is 0.460 e. The first kappa shape index (κ1) is 15.2. The first-order valence-electron chi connectivity index (χ1n) is 9.66. The quantitative estimate of drug-likeness (QED) is 0.287. The van der Waals surface area contributed by atoms with Crippen molar-refractivity contribution in [2.45, 2.75) is 6.92 Å². The van der Waals surface area contributed by atoms with Crippen LogP contribution in [0.15, 0.2) is 69.8 Å². The maximum absolute atomic E-state index is 6.56. The lowest BCUT2D eigenvalue weighted by Gasteiger charge is -2.21. The number of ether oxygens (including phenoxy) is 1. The third-order valence-electron chi connectivity index (χ3n) is 6.14. The minimum atomic E-state index is 0.732. The zero-order chi connectivity index (χ0) is 19.3. The molecule has 0 atom stereocenters. The molecule has 4 nitrogen and oxygen atoms in total. The van der Waals surface area contributed by atoms with Gasteiger partial charge in [0.05, 0.1) is 17.2 Å². The van der Waals surface area contributed by atoms with Crippen LogP contribution in [0.3, 0.4) is 0 Å².